The Bertz CT molecular complexity index is 721. The lowest BCUT2D eigenvalue weighted by molar-refractivity contribution is -0.129. The Labute approximate surface area is 119 Å². The summed E-state index contributed by atoms with van der Waals surface area (Å²) in [5.74, 6) is -0.000692. The molecule has 6 heteroatoms. The van der Waals surface area contributed by atoms with Crippen molar-refractivity contribution in [3.8, 4) is 0 Å². The summed E-state index contributed by atoms with van der Waals surface area (Å²) in [6.45, 7) is 0.520. The number of para-hydroxylation sites is 1. The molecule has 0 fully saturated rings. The van der Waals surface area contributed by atoms with E-state index in [-0.39, 0.29) is 12.3 Å². The van der Waals surface area contributed by atoms with Crippen LogP contribution in [-0.2, 0) is 17.8 Å². The van der Waals surface area contributed by atoms with Crippen molar-refractivity contribution >= 4 is 28.2 Å². The van der Waals surface area contributed by atoms with Gasteiger partial charge >= 0.3 is 0 Å². The maximum atomic E-state index is 12.2. The van der Waals surface area contributed by atoms with Crippen LogP contribution in [0.5, 0.6) is 0 Å². The molecule has 2 heterocycles. The largest absolute Gasteiger partial charge is 0.356 e. The highest BCUT2D eigenvalue weighted by Gasteiger charge is 2.16. The molecule has 0 saturated carbocycles. The first-order chi connectivity index (χ1) is 9.74. The van der Waals surface area contributed by atoms with Gasteiger partial charge in [0.15, 0.2) is 5.58 Å². The molecule has 0 aliphatic carbocycles. The summed E-state index contributed by atoms with van der Waals surface area (Å²) in [7, 11) is 1.77. The molecule has 1 amide bonds. The third-order valence-corrected chi connectivity index (χ3v) is 3.82. The van der Waals surface area contributed by atoms with Gasteiger partial charge in [-0.1, -0.05) is 17.3 Å². The lowest BCUT2D eigenvalue weighted by Gasteiger charge is -2.14. The molecule has 0 aliphatic rings. The average molecular weight is 287 g/mol. The highest BCUT2D eigenvalue weighted by Crippen LogP contribution is 2.18. The second-order valence-corrected chi connectivity index (χ2v) is 5.46. The van der Waals surface area contributed by atoms with Gasteiger partial charge in [0.1, 0.15) is 10.7 Å². The van der Waals surface area contributed by atoms with Crippen molar-refractivity contribution in [3.05, 3.63) is 46.5 Å². The van der Waals surface area contributed by atoms with Crippen molar-refractivity contribution in [1.29, 1.82) is 0 Å². The molecule has 20 heavy (non-hydrogen) atoms. The third-order valence-electron chi connectivity index (χ3n) is 3.05. The smallest absolute Gasteiger partial charge is 0.228 e. The minimum atomic E-state index is -0.000692. The molecule has 2 aromatic heterocycles. The van der Waals surface area contributed by atoms with Gasteiger partial charge in [0.05, 0.1) is 13.0 Å². The number of benzene rings is 1. The fraction of sp³-hybridized carbons (Fsp3) is 0.214. The van der Waals surface area contributed by atoms with Gasteiger partial charge in [0.25, 0.3) is 0 Å². The second kappa shape index (κ2) is 5.42. The van der Waals surface area contributed by atoms with Crippen molar-refractivity contribution in [2.75, 3.05) is 7.05 Å². The van der Waals surface area contributed by atoms with Crippen molar-refractivity contribution in [2.24, 2.45) is 0 Å². The number of likely N-dealkylation sites (N-methyl/N-ethyl adjacent to an activating group) is 1. The molecule has 0 saturated heterocycles. The summed E-state index contributed by atoms with van der Waals surface area (Å²) in [6.07, 6.45) is 1.97. The van der Waals surface area contributed by atoms with Gasteiger partial charge in [-0.05, 0) is 12.1 Å². The van der Waals surface area contributed by atoms with E-state index in [2.05, 4.69) is 10.1 Å². The first-order valence-corrected chi connectivity index (χ1v) is 7.07. The zero-order valence-electron chi connectivity index (χ0n) is 10.9. The molecule has 3 rings (SSSR count). The van der Waals surface area contributed by atoms with Crippen molar-refractivity contribution < 1.29 is 9.32 Å². The van der Waals surface area contributed by atoms with E-state index < -0.39 is 0 Å². The Morgan fingerprint density at radius 3 is 3.05 bits per heavy atom. The standard InChI is InChI=1S/C14H13N3O2S/c1-17(9-13-15-6-7-20-13)14(18)8-11-10-4-2-3-5-12(10)19-16-11/h2-7H,8-9H2,1H3. The molecule has 0 aliphatic heterocycles. The van der Waals surface area contributed by atoms with Crippen molar-refractivity contribution in [1.82, 2.24) is 15.0 Å². The van der Waals surface area contributed by atoms with Crippen molar-refractivity contribution in [3.63, 3.8) is 0 Å². The van der Waals surface area contributed by atoms with E-state index in [1.165, 1.54) is 0 Å². The van der Waals surface area contributed by atoms with Crippen LogP contribution in [0, 0.1) is 0 Å². The molecule has 3 aromatic rings. The first kappa shape index (κ1) is 12.8. The normalized spacial score (nSPS) is 10.8. The minimum absolute atomic E-state index is 0.000692. The van der Waals surface area contributed by atoms with E-state index >= 15 is 0 Å². The van der Waals surface area contributed by atoms with E-state index in [1.54, 1.807) is 29.5 Å². The maximum absolute atomic E-state index is 12.2. The Morgan fingerprint density at radius 1 is 1.40 bits per heavy atom. The quantitative estimate of drug-likeness (QED) is 0.739. The molecule has 0 N–H and O–H groups in total. The highest BCUT2D eigenvalue weighted by atomic mass is 32.1. The fourth-order valence-corrected chi connectivity index (χ4v) is 2.63. The van der Waals surface area contributed by atoms with Crippen LogP contribution in [0.25, 0.3) is 11.0 Å². The lowest BCUT2D eigenvalue weighted by Crippen LogP contribution is -2.27. The molecule has 102 valence electrons. The number of rotatable bonds is 4. The number of hydrogen-bond donors (Lipinski definition) is 0. The Balaban J connectivity index is 1.72. The topological polar surface area (TPSA) is 59.2 Å². The molecule has 0 atom stereocenters. The van der Waals surface area contributed by atoms with Gasteiger partial charge in [-0.25, -0.2) is 4.98 Å². The number of amides is 1. The highest BCUT2D eigenvalue weighted by molar-refractivity contribution is 7.09. The van der Waals surface area contributed by atoms with Gasteiger partial charge in [-0.2, -0.15) is 0 Å². The van der Waals surface area contributed by atoms with Gasteiger partial charge in [0.2, 0.25) is 5.91 Å². The monoisotopic (exact) mass is 287 g/mol. The zero-order valence-corrected chi connectivity index (χ0v) is 11.8. The van der Waals surface area contributed by atoms with Crippen LogP contribution in [0.3, 0.4) is 0 Å². The second-order valence-electron chi connectivity index (χ2n) is 4.48. The molecule has 1 aromatic carbocycles. The summed E-state index contributed by atoms with van der Waals surface area (Å²) >= 11 is 1.54. The number of thiazole rings is 1. The van der Waals surface area contributed by atoms with E-state index in [1.807, 2.05) is 29.6 Å². The average Bonchev–Trinajstić information content (AvgIpc) is 3.09. The number of aromatic nitrogens is 2. The molecule has 0 unspecified atom stereocenters. The number of carbonyl (C=O) groups is 1. The van der Waals surface area contributed by atoms with Crippen LogP contribution in [0.4, 0.5) is 0 Å². The predicted molar refractivity (Wildman–Crippen MR) is 76.3 cm³/mol. The molecule has 0 spiro atoms. The molecule has 5 nitrogen and oxygen atoms in total. The first-order valence-electron chi connectivity index (χ1n) is 6.19. The SMILES string of the molecule is CN(Cc1nccs1)C(=O)Cc1noc2ccccc12. The van der Waals surface area contributed by atoms with Gasteiger partial charge in [0, 0.05) is 24.0 Å². The summed E-state index contributed by atoms with van der Waals surface area (Å²) < 4.78 is 5.20. The zero-order chi connectivity index (χ0) is 13.9. The van der Waals surface area contributed by atoms with Crippen LogP contribution < -0.4 is 0 Å². The van der Waals surface area contributed by atoms with E-state index in [0.29, 0.717) is 17.8 Å². The Hall–Kier alpha value is -2.21. The number of fused-ring (bicyclic) bond motifs is 1. The lowest BCUT2D eigenvalue weighted by atomic mass is 10.1. The Morgan fingerprint density at radius 2 is 2.25 bits per heavy atom. The van der Waals surface area contributed by atoms with Gasteiger partial charge in [-0.15, -0.1) is 11.3 Å². The van der Waals surface area contributed by atoms with Crippen LogP contribution in [0.1, 0.15) is 10.7 Å². The molecule has 0 radical (unpaired) electrons. The molecular formula is C14H13N3O2S. The summed E-state index contributed by atoms with van der Waals surface area (Å²) in [6, 6.07) is 7.55. The maximum Gasteiger partial charge on any atom is 0.228 e. The summed E-state index contributed by atoms with van der Waals surface area (Å²) in [4.78, 5) is 18.0. The minimum Gasteiger partial charge on any atom is -0.356 e. The summed E-state index contributed by atoms with van der Waals surface area (Å²) in [5, 5.41) is 7.70. The van der Waals surface area contributed by atoms with E-state index in [9.17, 15) is 4.79 Å². The summed E-state index contributed by atoms with van der Waals surface area (Å²) in [5.41, 5.74) is 1.38. The Kier molecular flexibility index (Phi) is 3.47. The van der Waals surface area contributed by atoms with Crippen LogP contribution >= 0.6 is 11.3 Å². The van der Waals surface area contributed by atoms with Crippen molar-refractivity contribution in [2.45, 2.75) is 13.0 Å². The third kappa shape index (κ3) is 2.55. The van der Waals surface area contributed by atoms with Gasteiger partial charge in [-0.3, -0.25) is 4.79 Å². The van der Waals surface area contributed by atoms with Crippen LogP contribution in [-0.4, -0.2) is 28.0 Å². The molecular weight excluding hydrogens is 274 g/mol. The number of nitrogens with zero attached hydrogens (tertiary/aromatic N) is 3. The van der Waals surface area contributed by atoms with E-state index in [0.717, 1.165) is 10.4 Å². The van der Waals surface area contributed by atoms with E-state index in [4.69, 9.17) is 4.52 Å². The predicted octanol–water partition coefficient (Wildman–Crippen LogP) is 2.49. The number of hydrogen-bond acceptors (Lipinski definition) is 5. The molecule has 0 bridgehead atoms. The fourth-order valence-electron chi connectivity index (χ4n) is 1.97. The van der Waals surface area contributed by atoms with Crippen LogP contribution in [0.15, 0.2) is 40.4 Å². The van der Waals surface area contributed by atoms with Crippen LogP contribution in [0.2, 0.25) is 0 Å². The van der Waals surface area contributed by atoms with Gasteiger partial charge < -0.3 is 9.42 Å². The number of carbonyl (C=O) groups excluding carboxylic acids is 1.